The van der Waals surface area contributed by atoms with Crippen molar-refractivity contribution in [3.05, 3.63) is 41.9 Å². The number of aromatic nitrogens is 2. The van der Waals surface area contributed by atoms with Crippen molar-refractivity contribution in [1.29, 1.82) is 0 Å². The molecule has 1 amide bonds. The number of nitrogens with zero attached hydrogens (tertiary/aromatic N) is 3. The zero-order valence-corrected chi connectivity index (χ0v) is 12.9. The molecular formula is C17H21N3O2. The third-order valence-corrected chi connectivity index (χ3v) is 4.12. The minimum Gasteiger partial charge on any atom is -0.361 e. The SMILES string of the molecule is Cc1cc(CCC(=O)N(c2ccccn2)C2CCCC2)on1. The molecule has 1 saturated carbocycles. The maximum absolute atomic E-state index is 12.7. The molecule has 116 valence electrons. The summed E-state index contributed by atoms with van der Waals surface area (Å²) in [6, 6.07) is 7.87. The second-order valence-electron chi connectivity index (χ2n) is 5.82. The van der Waals surface area contributed by atoms with E-state index < -0.39 is 0 Å². The summed E-state index contributed by atoms with van der Waals surface area (Å²) in [5.41, 5.74) is 0.847. The highest BCUT2D eigenvalue weighted by molar-refractivity contribution is 5.93. The van der Waals surface area contributed by atoms with Gasteiger partial charge in [-0.1, -0.05) is 24.1 Å². The average Bonchev–Trinajstić information content (AvgIpc) is 3.18. The fourth-order valence-corrected chi connectivity index (χ4v) is 3.06. The van der Waals surface area contributed by atoms with Crippen LogP contribution in [0.25, 0.3) is 0 Å². The summed E-state index contributed by atoms with van der Waals surface area (Å²) in [4.78, 5) is 19.0. The number of aryl methyl sites for hydroxylation is 2. The first kappa shape index (κ1) is 14.8. The maximum atomic E-state index is 12.7. The van der Waals surface area contributed by atoms with E-state index in [0.717, 1.165) is 30.1 Å². The first-order valence-electron chi connectivity index (χ1n) is 7.89. The molecule has 1 aliphatic rings. The number of pyridine rings is 1. The Morgan fingerprint density at radius 2 is 2.18 bits per heavy atom. The lowest BCUT2D eigenvalue weighted by Gasteiger charge is -2.28. The molecule has 2 aromatic heterocycles. The third kappa shape index (κ3) is 3.35. The van der Waals surface area contributed by atoms with Crippen LogP contribution in [0.2, 0.25) is 0 Å². The molecule has 0 aliphatic heterocycles. The molecule has 22 heavy (non-hydrogen) atoms. The Labute approximate surface area is 130 Å². The summed E-state index contributed by atoms with van der Waals surface area (Å²) in [6.45, 7) is 1.88. The molecule has 0 unspecified atom stereocenters. The quantitative estimate of drug-likeness (QED) is 0.850. The Hall–Kier alpha value is -2.17. The molecule has 1 aliphatic carbocycles. The van der Waals surface area contributed by atoms with Crippen LogP contribution in [0.5, 0.6) is 0 Å². The second-order valence-corrected chi connectivity index (χ2v) is 5.82. The summed E-state index contributed by atoms with van der Waals surface area (Å²) in [7, 11) is 0. The standard InChI is InChI=1S/C17H21N3O2/c1-13-12-15(22-19-13)9-10-17(21)20(14-6-2-3-7-14)16-8-4-5-11-18-16/h4-5,8,11-12,14H,2-3,6-7,9-10H2,1H3. The van der Waals surface area contributed by atoms with E-state index >= 15 is 0 Å². The van der Waals surface area contributed by atoms with Crippen LogP contribution in [0, 0.1) is 6.92 Å². The Balaban J connectivity index is 1.72. The van der Waals surface area contributed by atoms with Gasteiger partial charge in [-0.15, -0.1) is 0 Å². The van der Waals surface area contributed by atoms with Crippen molar-refractivity contribution in [2.45, 2.75) is 51.5 Å². The number of hydrogen-bond donors (Lipinski definition) is 0. The largest absolute Gasteiger partial charge is 0.361 e. The lowest BCUT2D eigenvalue weighted by atomic mass is 10.1. The van der Waals surface area contributed by atoms with Crippen LogP contribution in [0.3, 0.4) is 0 Å². The van der Waals surface area contributed by atoms with Crippen molar-refractivity contribution in [1.82, 2.24) is 10.1 Å². The van der Waals surface area contributed by atoms with E-state index in [2.05, 4.69) is 10.1 Å². The highest BCUT2D eigenvalue weighted by Crippen LogP contribution is 2.28. The van der Waals surface area contributed by atoms with Crippen molar-refractivity contribution in [2.24, 2.45) is 0 Å². The monoisotopic (exact) mass is 299 g/mol. The smallest absolute Gasteiger partial charge is 0.228 e. The molecule has 0 bridgehead atoms. The summed E-state index contributed by atoms with van der Waals surface area (Å²) >= 11 is 0. The van der Waals surface area contributed by atoms with Crippen molar-refractivity contribution in [3.63, 3.8) is 0 Å². The zero-order chi connectivity index (χ0) is 15.4. The number of amides is 1. The predicted molar refractivity (Wildman–Crippen MR) is 83.5 cm³/mol. The van der Waals surface area contributed by atoms with Gasteiger partial charge in [0, 0.05) is 31.1 Å². The summed E-state index contributed by atoms with van der Waals surface area (Å²) < 4.78 is 5.19. The van der Waals surface area contributed by atoms with E-state index in [1.807, 2.05) is 36.1 Å². The van der Waals surface area contributed by atoms with E-state index in [9.17, 15) is 4.79 Å². The van der Waals surface area contributed by atoms with E-state index in [4.69, 9.17) is 4.52 Å². The fourth-order valence-electron chi connectivity index (χ4n) is 3.06. The van der Waals surface area contributed by atoms with Gasteiger partial charge in [-0.05, 0) is 31.9 Å². The molecule has 3 rings (SSSR count). The minimum absolute atomic E-state index is 0.111. The minimum atomic E-state index is 0.111. The van der Waals surface area contributed by atoms with Gasteiger partial charge in [0.05, 0.1) is 5.69 Å². The second kappa shape index (κ2) is 6.73. The lowest BCUT2D eigenvalue weighted by Crippen LogP contribution is -2.39. The molecule has 0 spiro atoms. The molecule has 2 aromatic rings. The number of hydrogen-bond acceptors (Lipinski definition) is 4. The topological polar surface area (TPSA) is 59.2 Å². The van der Waals surface area contributed by atoms with Gasteiger partial charge in [0.25, 0.3) is 0 Å². The number of rotatable bonds is 5. The lowest BCUT2D eigenvalue weighted by molar-refractivity contribution is -0.119. The fraction of sp³-hybridized carbons (Fsp3) is 0.471. The van der Waals surface area contributed by atoms with E-state index in [1.165, 1.54) is 12.8 Å². The molecule has 0 N–H and O–H groups in total. The Morgan fingerprint density at radius 3 is 2.82 bits per heavy atom. The van der Waals surface area contributed by atoms with Crippen molar-refractivity contribution in [2.75, 3.05) is 4.90 Å². The Morgan fingerprint density at radius 1 is 1.36 bits per heavy atom. The van der Waals surface area contributed by atoms with Gasteiger partial charge in [0.1, 0.15) is 11.6 Å². The van der Waals surface area contributed by atoms with Crippen LogP contribution in [0.1, 0.15) is 43.6 Å². The highest BCUT2D eigenvalue weighted by atomic mass is 16.5. The molecule has 2 heterocycles. The van der Waals surface area contributed by atoms with Crippen molar-refractivity contribution >= 4 is 11.7 Å². The molecule has 0 atom stereocenters. The Kier molecular flexibility index (Phi) is 4.51. The summed E-state index contributed by atoms with van der Waals surface area (Å²) in [6.07, 6.45) is 7.22. The van der Waals surface area contributed by atoms with Gasteiger partial charge in [-0.3, -0.25) is 9.69 Å². The van der Waals surface area contributed by atoms with Gasteiger partial charge in [0.15, 0.2) is 0 Å². The van der Waals surface area contributed by atoms with Crippen molar-refractivity contribution < 1.29 is 9.32 Å². The number of carbonyl (C=O) groups excluding carboxylic acids is 1. The van der Waals surface area contributed by atoms with Crippen LogP contribution < -0.4 is 4.90 Å². The first-order valence-corrected chi connectivity index (χ1v) is 7.89. The van der Waals surface area contributed by atoms with Crippen LogP contribution in [0.15, 0.2) is 35.0 Å². The Bertz CT molecular complexity index is 618. The normalized spacial score (nSPS) is 15.1. The maximum Gasteiger partial charge on any atom is 0.228 e. The van der Waals surface area contributed by atoms with Crippen molar-refractivity contribution in [3.8, 4) is 0 Å². The molecule has 1 fully saturated rings. The third-order valence-electron chi connectivity index (χ3n) is 4.12. The first-order chi connectivity index (χ1) is 10.7. The molecule has 5 heteroatoms. The molecular weight excluding hydrogens is 278 g/mol. The van der Waals surface area contributed by atoms with Gasteiger partial charge in [-0.25, -0.2) is 4.98 Å². The molecule has 5 nitrogen and oxygen atoms in total. The molecule has 0 radical (unpaired) electrons. The summed E-state index contributed by atoms with van der Waals surface area (Å²) in [5.74, 6) is 1.63. The molecule has 0 saturated heterocycles. The van der Waals surface area contributed by atoms with E-state index in [0.29, 0.717) is 12.8 Å². The highest BCUT2D eigenvalue weighted by Gasteiger charge is 2.28. The summed E-state index contributed by atoms with van der Waals surface area (Å²) in [5, 5.41) is 3.86. The van der Waals surface area contributed by atoms with Gasteiger partial charge in [-0.2, -0.15) is 0 Å². The molecule has 0 aromatic carbocycles. The average molecular weight is 299 g/mol. The van der Waals surface area contributed by atoms with Crippen LogP contribution >= 0.6 is 0 Å². The van der Waals surface area contributed by atoms with Gasteiger partial charge >= 0.3 is 0 Å². The zero-order valence-electron chi connectivity index (χ0n) is 12.9. The van der Waals surface area contributed by atoms with Crippen LogP contribution in [-0.2, 0) is 11.2 Å². The predicted octanol–water partition coefficient (Wildman–Crippen LogP) is 3.29. The van der Waals surface area contributed by atoms with Gasteiger partial charge < -0.3 is 4.52 Å². The van der Waals surface area contributed by atoms with Crippen LogP contribution in [0.4, 0.5) is 5.82 Å². The van der Waals surface area contributed by atoms with E-state index in [1.54, 1.807) is 6.20 Å². The number of carbonyl (C=O) groups is 1. The van der Waals surface area contributed by atoms with Gasteiger partial charge in [0.2, 0.25) is 5.91 Å². The van der Waals surface area contributed by atoms with E-state index in [-0.39, 0.29) is 11.9 Å². The number of anilines is 1. The van der Waals surface area contributed by atoms with Crippen LogP contribution in [-0.4, -0.2) is 22.1 Å².